The van der Waals surface area contributed by atoms with E-state index in [9.17, 15) is 4.79 Å². The highest BCUT2D eigenvalue weighted by molar-refractivity contribution is 5.89. The molecule has 0 unspecified atom stereocenters. The molecule has 3 rings (SSSR count). The molecule has 1 aliphatic rings. The minimum atomic E-state index is -0.533. The SMILES string of the molecule is C[C@H](Oc1cccc2c(C[C@@H](C)N)c[nH]c12)C(=O)N1CCOCC1. The Bertz CT molecular complexity index is 705. The maximum atomic E-state index is 12.5. The Morgan fingerprint density at radius 1 is 1.38 bits per heavy atom. The van der Waals surface area contributed by atoms with Gasteiger partial charge in [0.1, 0.15) is 5.75 Å². The monoisotopic (exact) mass is 331 g/mol. The van der Waals surface area contributed by atoms with Crippen molar-refractivity contribution in [2.75, 3.05) is 26.3 Å². The number of rotatable bonds is 5. The van der Waals surface area contributed by atoms with Crippen molar-refractivity contribution in [2.24, 2.45) is 5.73 Å². The lowest BCUT2D eigenvalue weighted by atomic mass is 10.1. The van der Waals surface area contributed by atoms with Crippen molar-refractivity contribution in [3.8, 4) is 5.75 Å². The van der Waals surface area contributed by atoms with E-state index in [1.165, 1.54) is 0 Å². The molecule has 2 aromatic rings. The fourth-order valence-electron chi connectivity index (χ4n) is 3.08. The zero-order chi connectivity index (χ0) is 17.1. The number of amides is 1. The van der Waals surface area contributed by atoms with E-state index >= 15 is 0 Å². The number of para-hydroxylation sites is 1. The fraction of sp³-hybridized carbons (Fsp3) is 0.500. The molecule has 0 radical (unpaired) electrons. The second-order valence-electron chi connectivity index (χ2n) is 6.37. The molecule has 1 aromatic carbocycles. The molecule has 0 spiro atoms. The molecular formula is C18H25N3O3. The van der Waals surface area contributed by atoms with Gasteiger partial charge in [0.25, 0.3) is 5.91 Å². The van der Waals surface area contributed by atoms with Crippen molar-refractivity contribution in [3.63, 3.8) is 0 Å². The van der Waals surface area contributed by atoms with Gasteiger partial charge in [0.2, 0.25) is 0 Å². The average molecular weight is 331 g/mol. The lowest BCUT2D eigenvalue weighted by molar-refractivity contribution is -0.142. The van der Waals surface area contributed by atoms with E-state index in [4.69, 9.17) is 15.2 Å². The average Bonchev–Trinajstić information content (AvgIpc) is 2.98. The molecule has 1 aromatic heterocycles. The maximum Gasteiger partial charge on any atom is 0.263 e. The van der Waals surface area contributed by atoms with Crippen molar-refractivity contribution in [1.29, 1.82) is 0 Å². The summed E-state index contributed by atoms with van der Waals surface area (Å²) in [6.07, 6.45) is 2.23. The summed E-state index contributed by atoms with van der Waals surface area (Å²) < 4.78 is 11.3. The summed E-state index contributed by atoms with van der Waals surface area (Å²) in [5, 5.41) is 1.09. The molecule has 1 saturated heterocycles. The molecule has 130 valence electrons. The number of carbonyl (C=O) groups excluding carboxylic acids is 1. The zero-order valence-corrected chi connectivity index (χ0v) is 14.2. The van der Waals surface area contributed by atoms with Crippen LogP contribution in [0.2, 0.25) is 0 Å². The summed E-state index contributed by atoms with van der Waals surface area (Å²) in [6, 6.07) is 5.97. The first-order valence-corrected chi connectivity index (χ1v) is 8.44. The number of hydrogen-bond acceptors (Lipinski definition) is 4. The molecule has 6 heteroatoms. The van der Waals surface area contributed by atoms with Crippen molar-refractivity contribution >= 4 is 16.8 Å². The summed E-state index contributed by atoms with van der Waals surface area (Å²) in [5.74, 6) is 0.690. The Hall–Kier alpha value is -2.05. The van der Waals surface area contributed by atoms with Gasteiger partial charge in [-0.05, 0) is 31.9 Å². The molecular weight excluding hydrogens is 306 g/mol. The van der Waals surface area contributed by atoms with Crippen molar-refractivity contribution in [3.05, 3.63) is 30.0 Å². The van der Waals surface area contributed by atoms with Gasteiger partial charge < -0.3 is 25.1 Å². The van der Waals surface area contributed by atoms with Gasteiger partial charge in [-0.1, -0.05) is 12.1 Å². The van der Waals surface area contributed by atoms with Gasteiger partial charge in [0.05, 0.1) is 18.7 Å². The molecule has 1 aliphatic heterocycles. The van der Waals surface area contributed by atoms with Crippen LogP contribution in [0.5, 0.6) is 5.75 Å². The molecule has 2 atom stereocenters. The fourth-order valence-corrected chi connectivity index (χ4v) is 3.08. The lowest BCUT2D eigenvalue weighted by Crippen LogP contribution is -2.46. The van der Waals surface area contributed by atoms with Crippen molar-refractivity contribution in [2.45, 2.75) is 32.4 Å². The number of carbonyl (C=O) groups is 1. The van der Waals surface area contributed by atoms with E-state index in [-0.39, 0.29) is 11.9 Å². The number of morpholine rings is 1. The number of hydrogen-bond donors (Lipinski definition) is 2. The molecule has 6 nitrogen and oxygen atoms in total. The predicted octanol–water partition coefficient (Wildman–Crippen LogP) is 1.68. The summed E-state index contributed by atoms with van der Waals surface area (Å²) in [4.78, 5) is 17.6. The van der Waals surface area contributed by atoms with Crippen LogP contribution >= 0.6 is 0 Å². The number of fused-ring (bicyclic) bond motifs is 1. The summed E-state index contributed by atoms with van der Waals surface area (Å²) in [6.45, 7) is 6.21. The molecule has 2 heterocycles. The van der Waals surface area contributed by atoms with E-state index in [1.54, 1.807) is 11.8 Å². The third kappa shape index (κ3) is 3.55. The Balaban J connectivity index is 1.77. The first-order chi connectivity index (χ1) is 11.6. The smallest absolute Gasteiger partial charge is 0.263 e. The zero-order valence-electron chi connectivity index (χ0n) is 14.2. The minimum Gasteiger partial charge on any atom is -0.479 e. The number of aromatic amines is 1. The van der Waals surface area contributed by atoms with Gasteiger partial charge in [-0.25, -0.2) is 0 Å². The molecule has 0 bridgehead atoms. The molecule has 0 saturated carbocycles. The Morgan fingerprint density at radius 2 is 2.12 bits per heavy atom. The first-order valence-electron chi connectivity index (χ1n) is 8.44. The summed E-state index contributed by atoms with van der Waals surface area (Å²) in [7, 11) is 0. The maximum absolute atomic E-state index is 12.5. The van der Waals surface area contributed by atoms with Gasteiger partial charge in [0.15, 0.2) is 6.10 Å². The molecule has 0 aliphatic carbocycles. The van der Waals surface area contributed by atoms with Gasteiger partial charge >= 0.3 is 0 Å². The van der Waals surface area contributed by atoms with E-state index < -0.39 is 6.10 Å². The quantitative estimate of drug-likeness (QED) is 0.873. The lowest BCUT2D eigenvalue weighted by Gasteiger charge is -2.29. The highest BCUT2D eigenvalue weighted by atomic mass is 16.5. The third-order valence-corrected chi connectivity index (χ3v) is 4.28. The van der Waals surface area contributed by atoms with Crippen LogP contribution in [0.1, 0.15) is 19.4 Å². The number of ether oxygens (including phenoxy) is 2. The number of aromatic nitrogens is 1. The van der Waals surface area contributed by atoms with E-state index in [0.717, 1.165) is 22.9 Å². The van der Waals surface area contributed by atoms with Crippen molar-refractivity contribution < 1.29 is 14.3 Å². The number of benzene rings is 1. The number of H-pyrrole nitrogens is 1. The van der Waals surface area contributed by atoms with Gasteiger partial charge in [-0.2, -0.15) is 0 Å². The standard InChI is InChI=1S/C18H25N3O3/c1-12(19)10-14-11-20-17-15(14)4-3-5-16(17)24-13(2)18(22)21-6-8-23-9-7-21/h3-5,11-13,20H,6-10,19H2,1-2H3/t12-,13+/m1/s1. The Kier molecular flexibility index (Phi) is 5.06. The minimum absolute atomic E-state index is 0.00216. The normalized spacial score (nSPS) is 17.7. The van der Waals surface area contributed by atoms with Gasteiger partial charge in [-0.15, -0.1) is 0 Å². The van der Waals surface area contributed by atoms with Gasteiger partial charge in [0, 0.05) is 30.7 Å². The number of nitrogens with two attached hydrogens (primary N) is 1. The van der Waals surface area contributed by atoms with Crippen molar-refractivity contribution in [1.82, 2.24) is 9.88 Å². The number of nitrogens with zero attached hydrogens (tertiary/aromatic N) is 1. The van der Waals surface area contributed by atoms with Crippen LogP contribution in [0.15, 0.2) is 24.4 Å². The van der Waals surface area contributed by atoms with Crippen LogP contribution in [0.3, 0.4) is 0 Å². The third-order valence-electron chi connectivity index (χ3n) is 4.28. The first kappa shape index (κ1) is 16.8. The van der Waals surface area contributed by atoms with Crippen LogP contribution < -0.4 is 10.5 Å². The van der Waals surface area contributed by atoms with Crippen LogP contribution in [0.25, 0.3) is 10.9 Å². The van der Waals surface area contributed by atoms with Crippen LogP contribution in [-0.4, -0.2) is 54.2 Å². The summed E-state index contributed by atoms with van der Waals surface area (Å²) in [5.41, 5.74) is 7.99. The summed E-state index contributed by atoms with van der Waals surface area (Å²) >= 11 is 0. The second kappa shape index (κ2) is 7.23. The Morgan fingerprint density at radius 3 is 2.83 bits per heavy atom. The van der Waals surface area contributed by atoms with Crippen LogP contribution in [0, 0.1) is 0 Å². The van der Waals surface area contributed by atoms with E-state index in [1.807, 2.05) is 31.3 Å². The topological polar surface area (TPSA) is 80.6 Å². The van der Waals surface area contributed by atoms with Crippen LogP contribution in [0.4, 0.5) is 0 Å². The van der Waals surface area contributed by atoms with E-state index in [2.05, 4.69) is 4.98 Å². The molecule has 1 amide bonds. The highest BCUT2D eigenvalue weighted by Crippen LogP contribution is 2.28. The molecule has 1 fully saturated rings. The van der Waals surface area contributed by atoms with E-state index in [0.29, 0.717) is 32.1 Å². The molecule has 3 N–H and O–H groups in total. The second-order valence-corrected chi connectivity index (χ2v) is 6.37. The molecule has 24 heavy (non-hydrogen) atoms. The van der Waals surface area contributed by atoms with Gasteiger partial charge in [-0.3, -0.25) is 4.79 Å². The number of nitrogens with one attached hydrogen (secondary N) is 1. The largest absolute Gasteiger partial charge is 0.479 e. The van der Waals surface area contributed by atoms with Crippen LogP contribution in [-0.2, 0) is 16.0 Å². The highest BCUT2D eigenvalue weighted by Gasteiger charge is 2.24. The predicted molar refractivity (Wildman–Crippen MR) is 93.1 cm³/mol. The Labute approximate surface area is 141 Å².